The molecule has 0 unspecified atom stereocenters. The molecule has 3 aromatic rings. The summed E-state index contributed by atoms with van der Waals surface area (Å²) in [6.45, 7) is 5.25. The van der Waals surface area contributed by atoms with E-state index in [1.165, 1.54) is 16.5 Å². The molecule has 0 aliphatic rings. The number of rotatable bonds is 6. The molecule has 6 heteroatoms. The minimum atomic E-state index is -0.207. The van der Waals surface area contributed by atoms with E-state index in [0.29, 0.717) is 24.0 Å². The van der Waals surface area contributed by atoms with Crippen molar-refractivity contribution in [1.82, 2.24) is 14.5 Å². The van der Waals surface area contributed by atoms with Gasteiger partial charge >= 0.3 is 0 Å². The third-order valence-electron chi connectivity index (χ3n) is 4.43. The van der Waals surface area contributed by atoms with E-state index in [0.717, 1.165) is 16.5 Å². The molecule has 0 aliphatic carbocycles. The van der Waals surface area contributed by atoms with Gasteiger partial charge in [0.1, 0.15) is 6.54 Å². The van der Waals surface area contributed by atoms with Crippen LogP contribution in [0.1, 0.15) is 24.5 Å². The van der Waals surface area contributed by atoms with Gasteiger partial charge in [-0.15, -0.1) is 0 Å². The fourth-order valence-corrected chi connectivity index (χ4v) is 3.33. The number of amides is 1. The van der Waals surface area contributed by atoms with Gasteiger partial charge < -0.3 is 4.90 Å². The van der Waals surface area contributed by atoms with Gasteiger partial charge in [-0.1, -0.05) is 52.7 Å². The second kappa shape index (κ2) is 8.48. The van der Waals surface area contributed by atoms with Crippen LogP contribution in [0.5, 0.6) is 0 Å². The Balaban J connectivity index is 1.83. The van der Waals surface area contributed by atoms with E-state index in [2.05, 4.69) is 20.9 Å². The molecule has 0 spiro atoms. The minimum Gasteiger partial charge on any atom is -0.337 e. The lowest BCUT2D eigenvalue weighted by Crippen LogP contribution is -2.36. The van der Waals surface area contributed by atoms with Crippen LogP contribution >= 0.6 is 15.9 Å². The van der Waals surface area contributed by atoms with Crippen LogP contribution in [0.25, 0.3) is 10.9 Å². The van der Waals surface area contributed by atoms with E-state index in [-0.39, 0.29) is 18.0 Å². The number of halogens is 1. The quantitative estimate of drug-likeness (QED) is 0.599. The van der Waals surface area contributed by atoms with E-state index in [4.69, 9.17) is 0 Å². The zero-order valence-corrected chi connectivity index (χ0v) is 17.1. The first-order chi connectivity index (χ1) is 13.0. The van der Waals surface area contributed by atoms with E-state index >= 15 is 0 Å². The van der Waals surface area contributed by atoms with E-state index in [1.54, 1.807) is 17.0 Å². The van der Waals surface area contributed by atoms with Gasteiger partial charge in [0.25, 0.3) is 5.56 Å². The molecule has 0 aliphatic heterocycles. The highest BCUT2D eigenvalue weighted by atomic mass is 79.9. The molecule has 2 aromatic carbocycles. The number of nitrogens with zero attached hydrogens (tertiary/aromatic N) is 3. The summed E-state index contributed by atoms with van der Waals surface area (Å²) in [4.78, 5) is 31.7. The molecule has 1 aromatic heterocycles. The molecular weight excluding hydrogens is 406 g/mol. The Bertz CT molecular complexity index is 1010. The number of aromatic nitrogens is 2. The van der Waals surface area contributed by atoms with Gasteiger partial charge in [-0.2, -0.15) is 0 Å². The maximum Gasteiger partial charge on any atom is 0.261 e. The van der Waals surface area contributed by atoms with Crippen molar-refractivity contribution in [1.29, 1.82) is 0 Å². The first-order valence-electron chi connectivity index (χ1n) is 8.96. The Morgan fingerprint density at radius 2 is 1.93 bits per heavy atom. The van der Waals surface area contributed by atoms with Crippen LogP contribution in [-0.2, 0) is 17.9 Å². The monoisotopic (exact) mass is 427 g/mol. The predicted octanol–water partition coefficient (Wildman–Crippen LogP) is 3.91. The topological polar surface area (TPSA) is 55.2 Å². The van der Waals surface area contributed by atoms with Crippen molar-refractivity contribution in [3.8, 4) is 0 Å². The summed E-state index contributed by atoms with van der Waals surface area (Å²) >= 11 is 3.38. The maximum absolute atomic E-state index is 12.9. The van der Waals surface area contributed by atoms with Crippen LogP contribution in [0.15, 0.2) is 58.1 Å². The van der Waals surface area contributed by atoms with Gasteiger partial charge in [0.15, 0.2) is 0 Å². The summed E-state index contributed by atoms with van der Waals surface area (Å²) < 4.78 is 2.19. The van der Waals surface area contributed by atoms with Crippen LogP contribution in [0.2, 0.25) is 0 Å². The molecule has 1 heterocycles. The standard InChI is InChI=1S/C21H22BrN3O2/c1-3-10-24(12-16-6-4-15(2)5-7-16)20(26)13-25-14-23-19-9-8-17(22)11-18(19)21(25)27/h4-9,11,14H,3,10,12-13H2,1-2H3. The molecular formula is C21H22BrN3O2. The fraction of sp³-hybridized carbons (Fsp3) is 0.286. The molecule has 140 valence electrons. The molecule has 5 nitrogen and oxygen atoms in total. The van der Waals surface area contributed by atoms with Crippen LogP contribution in [0, 0.1) is 6.92 Å². The molecule has 0 fully saturated rings. The second-order valence-corrected chi connectivity index (χ2v) is 7.56. The zero-order chi connectivity index (χ0) is 19.4. The smallest absolute Gasteiger partial charge is 0.261 e. The van der Waals surface area contributed by atoms with Crippen LogP contribution in [0.4, 0.5) is 0 Å². The zero-order valence-electron chi connectivity index (χ0n) is 15.5. The number of benzene rings is 2. The van der Waals surface area contributed by atoms with Crippen molar-refractivity contribution in [2.24, 2.45) is 0 Å². The molecule has 3 rings (SSSR count). The number of carbonyl (C=O) groups excluding carboxylic acids is 1. The molecule has 0 atom stereocenters. The second-order valence-electron chi connectivity index (χ2n) is 6.64. The lowest BCUT2D eigenvalue weighted by atomic mass is 10.1. The maximum atomic E-state index is 12.9. The summed E-state index contributed by atoms with van der Waals surface area (Å²) in [5.41, 5.74) is 2.68. The molecule has 0 radical (unpaired) electrons. The summed E-state index contributed by atoms with van der Waals surface area (Å²) in [6, 6.07) is 13.5. The Morgan fingerprint density at radius 3 is 2.63 bits per heavy atom. The molecule has 1 amide bonds. The molecule has 0 saturated heterocycles. The van der Waals surface area contributed by atoms with Crippen molar-refractivity contribution in [2.75, 3.05) is 6.54 Å². The Morgan fingerprint density at radius 1 is 1.19 bits per heavy atom. The summed E-state index contributed by atoms with van der Waals surface area (Å²) in [5, 5.41) is 0.500. The third kappa shape index (κ3) is 4.63. The van der Waals surface area contributed by atoms with Gasteiger partial charge in [-0.25, -0.2) is 4.98 Å². The van der Waals surface area contributed by atoms with Crippen molar-refractivity contribution < 1.29 is 4.79 Å². The average Bonchev–Trinajstić information content (AvgIpc) is 2.65. The number of hydrogen-bond donors (Lipinski definition) is 0. The highest BCUT2D eigenvalue weighted by Gasteiger charge is 2.15. The molecule has 0 N–H and O–H groups in total. The number of carbonyl (C=O) groups is 1. The minimum absolute atomic E-state index is 0.0137. The fourth-order valence-electron chi connectivity index (χ4n) is 2.97. The Kier molecular flexibility index (Phi) is 6.06. The van der Waals surface area contributed by atoms with E-state index < -0.39 is 0 Å². The molecule has 27 heavy (non-hydrogen) atoms. The van der Waals surface area contributed by atoms with Crippen molar-refractivity contribution in [3.63, 3.8) is 0 Å². The van der Waals surface area contributed by atoms with Gasteiger partial charge in [0.05, 0.1) is 17.2 Å². The van der Waals surface area contributed by atoms with Gasteiger partial charge in [0, 0.05) is 17.6 Å². The molecule has 0 saturated carbocycles. The normalized spacial score (nSPS) is 10.9. The van der Waals surface area contributed by atoms with E-state index in [1.807, 2.05) is 44.2 Å². The van der Waals surface area contributed by atoms with Crippen molar-refractivity contribution in [3.05, 3.63) is 74.7 Å². The number of aryl methyl sites for hydroxylation is 1. The largest absolute Gasteiger partial charge is 0.337 e. The average molecular weight is 428 g/mol. The first kappa shape index (κ1) is 19.3. The van der Waals surface area contributed by atoms with E-state index in [9.17, 15) is 9.59 Å². The SMILES string of the molecule is CCCN(Cc1ccc(C)cc1)C(=O)Cn1cnc2ccc(Br)cc2c1=O. The lowest BCUT2D eigenvalue weighted by Gasteiger charge is -2.23. The predicted molar refractivity (Wildman–Crippen MR) is 111 cm³/mol. The van der Waals surface area contributed by atoms with Crippen LogP contribution < -0.4 is 5.56 Å². The van der Waals surface area contributed by atoms with Gasteiger partial charge in [-0.3, -0.25) is 14.2 Å². The summed E-state index contributed by atoms with van der Waals surface area (Å²) in [5.74, 6) is -0.0873. The summed E-state index contributed by atoms with van der Waals surface area (Å²) in [6.07, 6.45) is 2.31. The highest BCUT2D eigenvalue weighted by Crippen LogP contribution is 2.15. The molecule has 0 bridgehead atoms. The number of hydrogen-bond acceptors (Lipinski definition) is 3. The third-order valence-corrected chi connectivity index (χ3v) is 4.93. The van der Waals surface area contributed by atoms with Crippen molar-refractivity contribution >= 4 is 32.7 Å². The summed E-state index contributed by atoms with van der Waals surface area (Å²) in [7, 11) is 0. The van der Waals surface area contributed by atoms with Gasteiger partial charge in [0.2, 0.25) is 5.91 Å². The van der Waals surface area contributed by atoms with Gasteiger partial charge in [-0.05, 0) is 37.1 Å². The Hall–Kier alpha value is -2.47. The number of fused-ring (bicyclic) bond motifs is 1. The van der Waals surface area contributed by atoms with Crippen LogP contribution in [0.3, 0.4) is 0 Å². The first-order valence-corrected chi connectivity index (χ1v) is 9.75. The van der Waals surface area contributed by atoms with Crippen molar-refractivity contribution in [2.45, 2.75) is 33.4 Å². The highest BCUT2D eigenvalue weighted by molar-refractivity contribution is 9.10. The Labute approximate surface area is 166 Å². The van der Waals surface area contributed by atoms with Crippen LogP contribution in [-0.4, -0.2) is 26.9 Å². The lowest BCUT2D eigenvalue weighted by molar-refractivity contribution is -0.132.